The lowest BCUT2D eigenvalue weighted by Crippen LogP contribution is -2.18. The highest BCUT2D eigenvalue weighted by atomic mass is 16.5. The molecule has 1 N–H and O–H groups in total. The van der Waals surface area contributed by atoms with Gasteiger partial charge in [0.05, 0.1) is 25.7 Å². The fourth-order valence-corrected chi connectivity index (χ4v) is 1.65. The number of furan rings is 2. The normalized spacial score (nSPS) is 12.3. The molecular formula is C13H15NO4. The highest BCUT2D eigenvalue weighted by molar-refractivity contribution is 5.87. The number of carbonyl (C=O) groups is 1. The van der Waals surface area contributed by atoms with Crippen LogP contribution in [0.5, 0.6) is 0 Å². The molecule has 1 atom stereocenters. The maximum Gasteiger partial charge on any atom is 0.374 e. The van der Waals surface area contributed by atoms with Crippen LogP contribution in [0, 0.1) is 0 Å². The summed E-state index contributed by atoms with van der Waals surface area (Å²) in [6, 6.07) is 5.54. The Labute approximate surface area is 105 Å². The van der Waals surface area contributed by atoms with E-state index in [1.807, 2.05) is 19.1 Å². The largest absolute Gasteiger partial charge is 0.468 e. The number of ether oxygens (including phenoxy) is 1. The fraction of sp³-hybridized carbons (Fsp3) is 0.308. The molecule has 0 aliphatic rings. The lowest BCUT2D eigenvalue weighted by Gasteiger charge is -2.10. The third-order valence-electron chi connectivity index (χ3n) is 2.69. The summed E-state index contributed by atoms with van der Waals surface area (Å²) in [5, 5.41) is 3.25. The Morgan fingerprint density at radius 2 is 2.22 bits per heavy atom. The molecule has 96 valence electrons. The van der Waals surface area contributed by atoms with Gasteiger partial charge in [0.2, 0.25) is 5.76 Å². The van der Waals surface area contributed by atoms with Crippen LogP contribution in [0.1, 0.15) is 34.8 Å². The standard InChI is InChI=1S/C13H15NO4/c1-9(11-4-3-6-17-11)14-8-10-5-7-18-12(10)13(15)16-2/h3-7,9,14H,8H2,1-2H3. The molecule has 0 aliphatic heterocycles. The van der Waals surface area contributed by atoms with Gasteiger partial charge in [0.1, 0.15) is 5.76 Å². The first-order chi connectivity index (χ1) is 8.72. The lowest BCUT2D eigenvalue weighted by atomic mass is 10.2. The van der Waals surface area contributed by atoms with Crippen molar-refractivity contribution in [3.63, 3.8) is 0 Å². The predicted molar refractivity (Wildman–Crippen MR) is 64.0 cm³/mol. The minimum atomic E-state index is -0.470. The highest BCUT2D eigenvalue weighted by Gasteiger charge is 2.16. The molecule has 0 saturated heterocycles. The third kappa shape index (κ3) is 2.62. The second kappa shape index (κ2) is 5.55. The van der Waals surface area contributed by atoms with Gasteiger partial charge in [-0.2, -0.15) is 0 Å². The van der Waals surface area contributed by atoms with Crippen LogP contribution in [0.15, 0.2) is 39.6 Å². The van der Waals surface area contributed by atoms with Gasteiger partial charge in [-0.15, -0.1) is 0 Å². The van der Waals surface area contributed by atoms with Gasteiger partial charge < -0.3 is 18.9 Å². The first-order valence-corrected chi connectivity index (χ1v) is 5.64. The van der Waals surface area contributed by atoms with Gasteiger partial charge in [0, 0.05) is 12.1 Å². The Balaban J connectivity index is 1.98. The molecule has 0 aromatic carbocycles. The zero-order chi connectivity index (χ0) is 13.0. The van der Waals surface area contributed by atoms with Crippen molar-refractivity contribution in [3.8, 4) is 0 Å². The Bertz CT molecular complexity index is 501. The second-order valence-corrected chi connectivity index (χ2v) is 3.88. The van der Waals surface area contributed by atoms with Crippen LogP contribution in [0.25, 0.3) is 0 Å². The van der Waals surface area contributed by atoms with Crippen LogP contribution in [0.2, 0.25) is 0 Å². The monoisotopic (exact) mass is 249 g/mol. The first kappa shape index (κ1) is 12.4. The molecule has 5 nitrogen and oxygen atoms in total. The van der Waals surface area contributed by atoms with Crippen molar-refractivity contribution in [2.24, 2.45) is 0 Å². The molecule has 2 aromatic rings. The van der Waals surface area contributed by atoms with Crippen molar-refractivity contribution in [3.05, 3.63) is 47.8 Å². The molecule has 5 heteroatoms. The van der Waals surface area contributed by atoms with E-state index in [2.05, 4.69) is 10.1 Å². The van der Waals surface area contributed by atoms with Crippen LogP contribution >= 0.6 is 0 Å². The van der Waals surface area contributed by atoms with E-state index in [0.29, 0.717) is 6.54 Å². The molecule has 2 heterocycles. The van der Waals surface area contributed by atoms with Gasteiger partial charge in [0.25, 0.3) is 0 Å². The minimum absolute atomic E-state index is 0.0559. The smallest absolute Gasteiger partial charge is 0.374 e. The van der Waals surface area contributed by atoms with Crippen LogP contribution < -0.4 is 5.32 Å². The molecule has 18 heavy (non-hydrogen) atoms. The molecule has 0 aliphatic carbocycles. The molecule has 0 amide bonds. The van der Waals surface area contributed by atoms with Crippen molar-refractivity contribution in [2.75, 3.05) is 7.11 Å². The summed E-state index contributed by atoms with van der Waals surface area (Å²) in [7, 11) is 1.33. The molecule has 0 fully saturated rings. The number of esters is 1. The van der Waals surface area contributed by atoms with E-state index < -0.39 is 5.97 Å². The van der Waals surface area contributed by atoms with E-state index in [-0.39, 0.29) is 11.8 Å². The zero-order valence-corrected chi connectivity index (χ0v) is 10.3. The van der Waals surface area contributed by atoms with E-state index in [4.69, 9.17) is 8.83 Å². The van der Waals surface area contributed by atoms with Gasteiger partial charge in [-0.25, -0.2) is 4.79 Å². The molecule has 0 radical (unpaired) electrons. The van der Waals surface area contributed by atoms with Crippen LogP contribution in [-0.4, -0.2) is 13.1 Å². The summed E-state index contributed by atoms with van der Waals surface area (Å²) in [5.74, 6) is 0.609. The van der Waals surface area contributed by atoms with Crippen molar-refractivity contribution >= 4 is 5.97 Å². The lowest BCUT2D eigenvalue weighted by molar-refractivity contribution is 0.0563. The van der Waals surface area contributed by atoms with Crippen molar-refractivity contribution in [1.29, 1.82) is 0 Å². The molecular weight excluding hydrogens is 234 g/mol. The van der Waals surface area contributed by atoms with E-state index in [0.717, 1.165) is 11.3 Å². The third-order valence-corrected chi connectivity index (χ3v) is 2.69. The van der Waals surface area contributed by atoms with Crippen LogP contribution in [0.3, 0.4) is 0 Å². The van der Waals surface area contributed by atoms with Gasteiger partial charge >= 0.3 is 5.97 Å². The zero-order valence-electron chi connectivity index (χ0n) is 10.3. The van der Waals surface area contributed by atoms with Crippen LogP contribution in [-0.2, 0) is 11.3 Å². The Morgan fingerprint density at radius 3 is 2.89 bits per heavy atom. The summed E-state index contributed by atoms with van der Waals surface area (Å²) in [6.45, 7) is 2.49. The highest BCUT2D eigenvalue weighted by Crippen LogP contribution is 2.16. The summed E-state index contributed by atoms with van der Waals surface area (Å²) in [5.41, 5.74) is 0.764. The average Bonchev–Trinajstić information content (AvgIpc) is 3.05. The summed E-state index contributed by atoms with van der Waals surface area (Å²) in [6.07, 6.45) is 3.10. The first-order valence-electron chi connectivity index (χ1n) is 5.64. The summed E-state index contributed by atoms with van der Waals surface area (Å²) < 4.78 is 15.0. The van der Waals surface area contributed by atoms with Crippen molar-refractivity contribution in [1.82, 2.24) is 5.32 Å². The minimum Gasteiger partial charge on any atom is -0.468 e. The van der Waals surface area contributed by atoms with Gasteiger partial charge in [-0.1, -0.05) is 0 Å². The molecule has 0 spiro atoms. The SMILES string of the molecule is COC(=O)c1occc1CNC(C)c1ccco1. The molecule has 0 saturated carbocycles. The quantitative estimate of drug-likeness (QED) is 0.825. The van der Waals surface area contributed by atoms with Gasteiger partial charge in [-0.3, -0.25) is 0 Å². The second-order valence-electron chi connectivity index (χ2n) is 3.88. The molecule has 2 rings (SSSR count). The van der Waals surface area contributed by atoms with E-state index in [9.17, 15) is 4.79 Å². The van der Waals surface area contributed by atoms with E-state index in [1.165, 1.54) is 13.4 Å². The molecule has 0 bridgehead atoms. The summed E-state index contributed by atoms with van der Waals surface area (Å²) >= 11 is 0. The number of rotatable bonds is 5. The Hall–Kier alpha value is -2.01. The number of methoxy groups -OCH3 is 1. The maximum atomic E-state index is 11.4. The number of hydrogen-bond acceptors (Lipinski definition) is 5. The summed E-state index contributed by atoms with van der Waals surface area (Å²) in [4.78, 5) is 11.4. The average molecular weight is 249 g/mol. The number of nitrogens with one attached hydrogen (secondary N) is 1. The van der Waals surface area contributed by atoms with Crippen molar-refractivity contribution < 1.29 is 18.4 Å². The molecule has 1 unspecified atom stereocenters. The Morgan fingerprint density at radius 1 is 1.39 bits per heavy atom. The van der Waals surface area contributed by atoms with E-state index in [1.54, 1.807) is 12.3 Å². The van der Waals surface area contributed by atoms with Crippen LogP contribution in [0.4, 0.5) is 0 Å². The van der Waals surface area contributed by atoms with Crippen molar-refractivity contribution in [2.45, 2.75) is 19.5 Å². The Kier molecular flexibility index (Phi) is 3.84. The fourth-order valence-electron chi connectivity index (χ4n) is 1.65. The number of hydrogen-bond donors (Lipinski definition) is 1. The van der Waals surface area contributed by atoms with Gasteiger partial charge in [0.15, 0.2) is 0 Å². The topological polar surface area (TPSA) is 64.6 Å². The van der Waals surface area contributed by atoms with E-state index >= 15 is 0 Å². The molecule has 2 aromatic heterocycles. The maximum absolute atomic E-state index is 11.4. The number of carbonyl (C=O) groups excluding carboxylic acids is 1. The predicted octanol–water partition coefficient (Wildman–Crippen LogP) is 2.51. The van der Waals surface area contributed by atoms with Gasteiger partial charge in [-0.05, 0) is 25.1 Å².